The standard InChI is InChI=1S/4C9H10.2CH2O3/c4*1-8(2)9-6-4-3-5-7-9;2*2-1(3)4/h4*3-7H,1H2,2H3;2*(H2,2,3,4). The van der Waals surface area contributed by atoms with Crippen LogP contribution in [0.4, 0.5) is 9.59 Å². The number of hydrogen-bond acceptors (Lipinski definition) is 2. The highest BCUT2D eigenvalue weighted by Gasteiger charge is 1.88. The third-order valence-electron chi connectivity index (χ3n) is 5.07. The molecule has 0 fully saturated rings. The van der Waals surface area contributed by atoms with Crippen molar-refractivity contribution in [3.63, 3.8) is 0 Å². The summed E-state index contributed by atoms with van der Waals surface area (Å²) in [5.74, 6) is 0. The van der Waals surface area contributed by atoms with Crippen LogP contribution in [-0.2, 0) is 0 Å². The third kappa shape index (κ3) is 25.4. The molecule has 6 heteroatoms. The van der Waals surface area contributed by atoms with Crippen LogP contribution in [0.1, 0.15) is 49.9 Å². The zero-order valence-electron chi connectivity index (χ0n) is 26.0. The molecule has 0 aliphatic carbocycles. The van der Waals surface area contributed by atoms with Crippen LogP contribution in [0.15, 0.2) is 148 Å². The smallest absolute Gasteiger partial charge is 0.450 e. The van der Waals surface area contributed by atoms with E-state index in [1.54, 1.807) is 0 Å². The molecule has 6 nitrogen and oxygen atoms in total. The molecule has 0 heterocycles. The van der Waals surface area contributed by atoms with E-state index < -0.39 is 12.3 Å². The van der Waals surface area contributed by atoms with Crippen molar-refractivity contribution in [2.45, 2.75) is 27.7 Å². The van der Waals surface area contributed by atoms with E-state index in [-0.39, 0.29) is 0 Å². The number of rotatable bonds is 4. The Labute approximate surface area is 261 Å². The lowest BCUT2D eigenvalue weighted by molar-refractivity contribution is 0.135. The monoisotopic (exact) mass is 596 g/mol. The molecule has 0 saturated heterocycles. The van der Waals surface area contributed by atoms with E-state index in [0.717, 1.165) is 22.3 Å². The molecule has 4 aromatic rings. The van der Waals surface area contributed by atoms with Crippen LogP contribution < -0.4 is 0 Å². The Morgan fingerprint density at radius 3 is 0.545 bits per heavy atom. The van der Waals surface area contributed by atoms with Crippen LogP contribution in [0.5, 0.6) is 0 Å². The van der Waals surface area contributed by atoms with Crippen LogP contribution >= 0.6 is 0 Å². The van der Waals surface area contributed by atoms with Gasteiger partial charge in [-0.2, -0.15) is 0 Å². The molecule has 0 aliphatic heterocycles. The first-order valence-corrected chi connectivity index (χ1v) is 13.4. The average molecular weight is 597 g/mol. The molecule has 4 aromatic carbocycles. The SMILES string of the molecule is C=C(C)c1ccccc1.C=C(C)c1ccccc1.C=C(C)c1ccccc1.C=C(C)c1ccccc1.O=C(O)O.O=C(O)O. The largest absolute Gasteiger partial charge is 0.503 e. The Kier molecular flexibility index (Phi) is 23.1. The lowest BCUT2D eigenvalue weighted by atomic mass is 10.1. The van der Waals surface area contributed by atoms with Crippen LogP contribution in [0.2, 0.25) is 0 Å². The number of allylic oxidation sites excluding steroid dienone is 4. The van der Waals surface area contributed by atoms with Crippen molar-refractivity contribution in [1.29, 1.82) is 0 Å². The lowest BCUT2D eigenvalue weighted by Gasteiger charge is -1.94. The van der Waals surface area contributed by atoms with E-state index >= 15 is 0 Å². The number of carboxylic acid groups (broad SMARTS) is 4. The Bertz CT molecular complexity index is 1180. The number of carbonyl (C=O) groups is 2. The highest BCUT2D eigenvalue weighted by Crippen LogP contribution is 2.10. The molecule has 44 heavy (non-hydrogen) atoms. The third-order valence-corrected chi connectivity index (χ3v) is 5.07. The second-order valence-electron chi connectivity index (χ2n) is 9.15. The maximum Gasteiger partial charge on any atom is 0.503 e. The quantitative estimate of drug-likeness (QED) is 0.186. The van der Waals surface area contributed by atoms with Gasteiger partial charge >= 0.3 is 12.3 Å². The first kappa shape index (κ1) is 40.5. The van der Waals surface area contributed by atoms with E-state index in [1.807, 2.05) is 100 Å². The van der Waals surface area contributed by atoms with Crippen molar-refractivity contribution >= 4 is 34.6 Å². The van der Waals surface area contributed by atoms with Crippen LogP contribution in [0, 0.1) is 0 Å². The zero-order chi connectivity index (χ0) is 33.9. The molecule has 232 valence electrons. The summed E-state index contributed by atoms with van der Waals surface area (Å²) >= 11 is 0. The minimum Gasteiger partial charge on any atom is -0.450 e. The predicted molar refractivity (Wildman–Crippen MR) is 186 cm³/mol. The van der Waals surface area contributed by atoms with Crippen molar-refractivity contribution in [2.75, 3.05) is 0 Å². The molecule has 0 unspecified atom stereocenters. The summed E-state index contributed by atoms with van der Waals surface area (Å²) in [7, 11) is 0. The van der Waals surface area contributed by atoms with Crippen LogP contribution in [-0.4, -0.2) is 32.7 Å². The van der Waals surface area contributed by atoms with Crippen molar-refractivity contribution in [3.8, 4) is 0 Å². The minimum absolute atomic E-state index is 1.12. The van der Waals surface area contributed by atoms with Gasteiger partial charge in [0.2, 0.25) is 0 Å². The fraction of sp³-hybridized carbons (Fsp3) is 0.105. The average Bonchev–Trinajstić information content (AvgIpc) is 2.99. The minimum atomic E-state index is -1.83. The lowest BCUT2D eigenvalue weighted by Crippen LogP contribution is -1.81. The normalized spacial score (nSPS) is 8.45. The Morgan fingerprint density at radius 2 is 0.477 bits per heavy atom. The van der Waals surface area contributed by atoms with Crippen molar-refractivity contribution < 1.29 is 30.0 Å². The van der Waals surface area contributed by atoms with Crippen molar-refractivity contribution in [1.82, 2.24) is 0 Å². The molecule has 0 saturated carbocycles. The second kappa shape index (κ2) is 25.1. The molecule has 4 N–H and O–H groups in total. The summed E-state index contributed by atoms with van der Waals surface area (Å²) < 4.78 is 0. The molecule has 0 spiro atoms. The van der Waals surface area contributed by atoms with Crippen LogP contribution in [0.25, 0.3) is 22.3 Å². The summed E-state index contributed by atoms with van der Waals surface area (Å²) in [6.07, 6.45) is -3.67. The topological polar surface area (TPSA) is 115 Å². The van der Waals surface area contributed by atoms with Gasteiger partial charge < -0.3 is 20.4 Å². The van der Waals surface area contributed by atoms with E-state index in [4.69, 9.17) is 30.0 Å². The molecule has 0 radical (unpaired) electrons. The summed E-state index contributed by atoms with van der Waals surface area (Å²) in [6, 6.07) is 40.6. The second-order valence-corrected chi connectivity index (χ2v) is 9.15. The fourth-order valence-corrected chi connectivity index (χ4v) is 2.89. The molecule has 0 aliphatic rings. The van der Waals surface area contributed by atoms with E-state index in [9.17, 15) is 0 Å². The van der Waals surface area contributed by atoms with Crippen molar-refractivity contribution in [2.24, 2.45) is 0 Å². The first-order valence-electron chi connectivity index (χ1n) is 13.4. The Morgan fingerprint density at radius 1 is 0.364 bits per heavy atom. The van der Waals surface area contributed by atoms with Crippen molar-refractivity contribution in [3.05, 3.63) is 170 Å². The van der Waals surface area contributed by atoms with Gasteiger partial charge in [-0.3, -0.25) is 0 Å². The highest BCUT2D eigenvalue weighted by molar-refractivity contribution is 5.62. The predicted octanol–water partition coefficient (Wildman–Crippen LogP) is 11.3. The first-order chi connectivity index (χ1) is 20.7. The number of hydrogen-bond donors (Lipinski definition) is 4. The molecule has 0 atom stereocenters. The van der Waals surface area contributed by atoms with Gasteiger partial charge in [0, 0.05) is 0 Å². The molecule has 4 rings (SSSR count). The van der Waals surface area contributed by atoms with E-state index in [1.165, 1.54) is 22.3 Å². The molecular weight excluding hydrogens is 552 g/mol. The van der Waals surface area contributed by atoms with Gasteiger partial charge in [-0.15, -0.1) is 0 Å². The zero-order valence-corrected chi connectivity index (χ0v) is 26.0. The summed E-state index contributed by atoms with van der Waals surface area (Å²) in [6.45, 7) is 23.3. The van der Waals surface area contributed by atoms with Gasteiger partial charge in [-0.25, -0.2) is 9.59 Å². The van der Waals surface area contributed by atoms with Gasteiger partial charge in [-0.05, 0) is 49.9 Å². The Balaban J connectivity index is 0. The number of benzene rings is 4. The molecule has 0 bridgehead atoms. The molecular formula is C38H44O6. The maximum atomic E-state index is 8.56. The Hall–Kier alpha value is -5.62. The highest BCUT2D eigenvalue weighted by atomic mass is 16.6. The van der Waals surface area contributed by atoms with Gasteiger partial charge in [0.1, 0.15) is 0 Å². The van der Waals surface area contributed by atoms with Gasteiger partial charge in [0.25, 0.3) is 0 Å². The molecule has 0 aromatic heterocycles. The fourth-order valence-electron chi connectivity index (χ4n) is 2.89. The summed E-state index contributed by atoms with van der Waals surface area (Å²) in [5.41, 5.74) is 9.36. The van der Waals surface area contributed by atoms with Gasteiger partial charge in [0.05, 0.1) is 0 Å². The van der Waals surface area contributed by atoms with E-state index in [0.29, 0.717) is 0 Å². The van der Waals surface area contributed by atoms with Crippen LogP contribution in [0.3, 0.4) is 0 Å². The van der Waals surface area contributed by atoms with Gasteiger partial charge in [-0.1, -0.05) is 170 Å². The summed E-state index contributed by atoms with van der Waals surface area (Å²) in [4.78, 5) is 17.1. The maximum absolute atomic E-state index is 8.56. The van der Waals surface area contributed by atoms with E-state index in [2.05, 4.69) is 74.8 Å². The van der Waals surface area contributed by atoms with Gasteiger partial charge in [0.15, 0.2) is 0 Å². The molecule has 0 amide bonds. The summed E-state index contributed by atoms with van der Waals surface area (Å²) in [5, 5.41) is 27.9.